The quantitative estimate of drug-likeness (QED) is 0.450. The molecule has 0 spiro atoms. The molecule has 1 amide bonds. The molecule has 0 bridgehead atoms. The summed E-state index contributed by atoms with van der Waals surface area (Å²) in [6.07, 6.45) is 11.0. The van der Waals surface area contributed by atoms with Gasteiger partial charge in [0.2, 0.25) is 5.91 Å². The third-order valence-electron chi connectivity index (χ3n) is 6.83. The molecule has 36 heavy (non-hydrogen) atoms. The standard InChI is InChI=1S/C24H33N3O.C4H4O4/c1-4-6-11-27(12-7-5-2)24(28)18-13-20-19-9-8-10-21-23(19)17(15-25-21)14-22(20)26(3)16-18;5-3(6)1-2-4(7)8/h8-10,13,15,18,22,25H,4-7,11-12,14,16H2,1-3H3;1-2H,(H,5,6)(H,7,8). The molecule has 0 saturated heterocycles. The van der Waals surface area contributed by atoms with Crippen molar-refractivity contribution in [2.24, 2.45) is 5.92 Å². The van der Waals surface area contributed by atoms with Crippen molar-refractivity contribution < 1.29 is 24.6 Å². The summed E-state index contributed by atoms with van der Waals surface area (Å²) in [6, 6.07) is 6.87. The zero-order valence-corrected chi connectivity index (χ0v) is 21.4. The maximum atomic E-state index is 13.4. The van der Waals surface area contributed by atoms with E-state index in [0.717, 1.165) is 51.7 Å². The minimum atomic E-state index is -1.26. The molecule has 8 heteroatoms. The number of carbonyl (C=O) groups is 3. The Morgan fingerprint density at radius 2 is 1.72 bits per heavy atom. The number of aromatic amines is 1. The molecular formula is C28H37N3O5. The number of carbonyl (C=O) groups excluding carboxylic acids is 1. The van der Waals surface area contributed by atoms with Gasteiger partial charge < -0.3 is 20.1 Å². The van der Waals surface area contributed by atoms with Crippen molar-refractivity contribution >= 4 is 34.3 Å². The first kappa shape index (κ1) is 27.2. The van der Waals surface area contributed by atoms with Gasteiger partial charge in [-0.3, -0.25) is 9.69 Å². The molecule has 0 fully saturated rings. The topological polar surface area (TPSA) is 114 Å². The van der Waals surface area contributed by atoms with Crippen LogP contribution in [0, 0.1) is 5.92 Å². The van der Waals surface area contributed by atoms with Gasteiger partial charge in [0.15, 0.2) is 0 Å². The molecule has 8 nitrogen and oxygen atoms in total. The fourth-order valence-corrected chi connectivity index (χ4v) is 5.01. The Hall–Kier alpha value is -3.39. The van der Waals surface area contributed by atoms with E-state index in [9.17, 15) is 14.4 Å². The molecule has 2 aliphatic rings. The number of carboxylic acids is 2. The van der Waals surface area contributed by atoms with Crippen molar-refractivity contribution in [2.45, 2.75) is 52.0 Å². The second-order valence-corrected chi connectivity index (χ2v) is 9.47. The zero-order valence-electron chi connectivity index (χ0n) is 21.4. The average molecular weight is 496 g/mol. The smallest absolute Gasteiger partial charge is 0.328 e. The van der Waals surface area contributed by atoms with E-state index >= 15 is 0 Å². The van der Waals surface area contributed by atoms with Gasteiger partial charge in [-0.15, -0.1) is 0 Å². The first-order valence-corrected chi connectivity index (χ1v) is 12.7. The molecule has 2 unspecified atom stereocenters. The molecule has 0 radical (unpaired) electrons. The number of fused-ring (bicyclic) bond motifs is 2. The molecule has 2 atom stereocenters. The molecule has 1 aromatic heterocycles. The maximum Gasteiger partial charge on any atom is 0.328 e. The number of amides is 1. The van der Waals surface area contributed by atoms with Gasteiger partial charge in [0.05, 0.1) is 5.92 Å². The fraction of sp³-hybridized carbons (Fsp3) is 0.464. The van der Waals surface area contributed by atoms with E-state index in [1.54, 1.807) is 0 Å². The summed E-state index contributed by atoms with van der Waals surface area (Å²) in [5.74, 6) is -2.24. The summed E-state index contributed by atoms with van der Waals surface area (Å²) < 4.78 is 0. The number of benzene rings is 1. The number of nitrogens with zero attached hydrogens (tertiary/aromatic N) is 2. The Kier molecular flexibility index (Phi) is 9.47. The summed E-state index contributed by atoms with van der Waals surface area (Å²) in [6.45, 7) is 6.98. The number of carboxylic acid groups (broad SMARTS) is 2. The van der Waals surface area contributed by atoms with E-state index in [0.29, 0.717) is 24.1 Å². The second-order valence-electron chi connectivity index (χ2n) is 9.47. The molecule has 1 aromatic carbocycles. The van der Waals surface area contributed by atoms with Crippen LogP contribution >= 0.6 is 0 Å². The lowest BCUT2D eigenvalue weighted by Gasteiger charge is -2.40. The first-order valence-electron chi connectivity index (χ1n) is 12.7. The molecule has 3 N–H and O–H groups in total. The van der Waals surface area contributed by atoms with Crippen LogP contribution in [0.5, 0.6) is 0 Å². The number of aromatic nitrogens is 1. The average Bonchev–Trinajstić information content (AvgIpc) is 3.27. The molecule has 194 valence electrons. The predicted octanol–water partition coefficient (Wildman–Crippen LogP) is 4.18. The van der Waals surface area contributed by atoms with Crippen LogP contribution in [-0.2, 0) is 20.8 Å². The molecule has 2 heterocycles. The van der Waals surface area contributed by atoms with E-state index in [1.165, 1.54) is 27.6 Å². The van der Waals surface area contributed by atoms with Gasteiger partial charge >= 0.3 is 11.9 Å². The van der Waals surface area contributed by atoms with Crippen molar-refractivity contribution in [2.75, 3.05) is 26.7 Å². The van der Waals surface area contributed by atoms with Gasteiger partial charge in [-0.2, -0.15) is 0 Å². The monoisotopic (exact) mass is 495 g/mol. The SMILES string of the molecule is CCCCN(CCCC)C(=O)C1C=C2c3cccc4[nH]cc(c34)CC2N(C)C1.O=C(O)C=CC(=O)O. The van der Waals surface area contributed by atoms with Crippen LogP contribution in [0.25, 0.3) is 16.5 Å². The Morgan fingerprint density at radius 1 is 1.08 bits per heavy atom. The molecule has 4 rings (SSSR count). The Morgan fingerprint density at radius 3 is 2.31 bits per heavy atom. The van der Waals surface area contributed by atoms with Crippen molar-refractivity contribution in [3.63, 3.8) is 0 Å². The molecule has 2 aromatic rings. The lowest BCUT2D eigenvalue weighted by Crippen LogP contribution is -2.48. The highest BCUT2D eigenvalue weighted by Gasteiger charge is 2.36. The highest BCUT2D eigenvalue weighted by molar-refractivity contribution is 5.99. The number of unbranched alkanes of at least 4 members (excludes halogenated alkanes) is 2. The number of H-pyrrole nitrogens is 1. The van der Waals surface area contributed by atoms with Gasteiger partial charge in [0.1, 0.15) is 0 Å². The van der Waals surface area contributed by atoms with E-state index < -0.39 is 11.9 Å². The van der Waals surface area contributed by atoms with Gasteiger partial charge in [-0.25, -0.2) is 9.59 Å². The minimum absolute atomic E-state index is 0.0410. The summed E-state index contributed by atoms with van der Waals surface area (Å²) in [7, 11) is 2.18. The minimum Gasteiger partial charge on any atom is -0.478 e. The fourth-order valence-electron chi connectivity index (χ4n) is 5.01. The second kappa shape index (κ2) is 12.5. The van der Waals surface area contributed by atoms with Crippen molar-refractivity contribution in [3.05, 3.63) is 53.8 Å². The number of nitrogens with one attached hydrogen (secondary N) is 1. The highest BCUT2D eigenvalue weighted by atomic mass is 16.4. The Labute approximate surface area is 212 Å². The van der Waals surface area contributed by atoms with Crippen LogP contribution in [0.4, 0.5) is 0 Å². The number of hydrogen-bond acceptors (Lipinski definition) is 4. The number of rotatable bonds is 9. The summed E-state index contributed by atoms with van der Waals surface area (Å²) in [5, 5.41) is 17.0. The zero-order chi connectivity index (χ0) is 26.2. The first-order chi connectivity index (χ1) is 17.3. The van der Waals surface area contributed by atoms with Crippen LogP contribution in [-0.4, -0.2) is 75.6 Å². The van der Waals surface area contributed by atoms with Gasteiger partial charge in [0, 0.05) is 54.9 Å². The van der Waals surface area contributed by atoms with E-state index in [1.807, 2.05) is 0 Å². The highest BCUT2D eigenvalue weighted by Crippen LogP contribution is 2.41. The van der Waals surface area contributed by atoms with Gasteiger partial charge in [0.25, 0.3) is 0 Å². The Balaban J connectivity index is 0.000000392. The van der Waals surface area contributed by atoms with Crippen LogP contribution in [0.2, 0.25) is 0 Å². The van der Waals surface area contributed by atoms with E-state index in [4.69, 9.17) is 10.2 Å². The van der Waals surface area contributed by atoms with Gasteiger partial charge in [-0.1, -0.05) is 44.9 Å². The lowest BCUT2D eigenvalue weighted by molar-refractivity contribution is -0.135. The Bertz CT molecular complexity index is 1130. The number of aliphatic carboxylic acids is 2. The van der Waals surface area contributed by atoms with Crippen molar-refractivity contribution in [1.82, 2.24) is 14.8 Å². The van der Waals surface area contributed by atoms with Gasteiger partial charge in [-0.05, 0) is 49.1 Å². The maximum absolute atomic E-state index is 13.4. The largest absolute Gasteiger partial charge is 0.478 e. The normalized spacial score (nSPS) is 18.8. The summed E-state index contributed by atoms with van der Waals surface area (Å²) in [5.41, 5.74) is 5.26. The van der Waals surface area contributed by atoms with Crippen LogP contribution in [0.15, 0.2) is 42.6 Å². The van der Waals surface area contributed by atoms with Crippen LogP contribution < -0.4 is 0 Å². The number of likely N-dealkylation sites (N-methyl/N-ethyl adjacent to an activating group) is 1. The molecule has 1 aliphatic heterocycles. The summed E-state index contributed by atoms with van der Waals surface area (Å²) in [4.78, 5) is 40.5. The van der Waals surface area contributed by atoms with Crippen LogP contribution in [0.1, 0.15) is 50.7 Å². The van der Waals surface area contributed by atoms with E-state index in [-0.39, 0.29) is 5.92 Å². The molecule has 1 aliphatic carbocycles. The van der Waals surface area contributed by atoms with Crippen LogP contribution in [0.3, 0.4) is 0 Å². The summed E-state index contributed by atoms with van der Waals surface area (Å²) >= 11 is 0. The molecule has 0 saturated carbocycles. The predicted molar refractivity (Wildman–Crippen MR) is 141 cm³/mol. The third-order valence-corrected chi connectivity index (χ3v) is 6.83. The van der Waals surface area contributed by atoms with Crippen molar-refractivity contribution in [3.8, 4) is 0 Å². The third kappa shape index (κ3) is 6.43. The lowest BCUT2D eigenvalue weighted by atomic mass is 9.79. The van der Waals surface area contributed by atoms with E-state index in [2.05, 4.69) is 66.2 Å². The molecular weight excluding hydrogens is 458 g/mol. The number of hydrogen-bond donors (Lipinski definition) is 3. The van der Waals surface area contributed by atoms with Crippen molar-refractivity contribution in [1.29, 1.82) is 0 Å².